The third-order valence-corrected chi connectivity index (χ3v) is 4.91. The minimum Gasteiger partial charge on any atom is -0.338 e. The molecule has 3 rings (SSSR count). The Morgan fingerprint density at radius 1 is 1.04 bits per heavy atom. The van der Waals surface area contributed by atoms with Crippen LogP contribution in [-0.4, -0.2) is 36.0 Å². The Labute approximate surface area is 159 Å². The average Bonchev–Trinajstić information content (AvgIpc) is 2.69. The van der Waals surface area contributed by atoms with Crippen molar-refractivity contribution in [2.45, 2.75) is 25.8 Å². The van der Waals surface area contributed by atoms with Crippen molar-refractivity contribution >= 4 is 23.3 Å². The van der Waals surface area contributed by atoms with Crippen LogP contribution >= 0.6 is 0 Å². The van der Waals surface area contributed by atoms with Gasteiger partial charge >= 0.3 is 6.03 Å². The van der Waals surface area contributed by atoms with E-state index in [1.807, 2.05) is 42.2 Å². The standard InChI is InChI=1S/C21H26N4O2/c1-15(22)17-6-5-13-25(14-17)20(26)16-9-11-19(12-10-16)24-21(27)23-18-7-3-2-4-8-18/h2-4,7-12,15,17H,5-6,13-14,22H2,1H3,(H2,23,24,27). The molecule has 2 aromatic carbocycles. The molecule has 0 bridgehead atoms. The van der Waals surface area contributed by atoms with Gasteiger partial charge in [-0.1, -0.05) is 18.2 Å². The molecule has 1 fully saturated rings. The highest BCUT2D eigenvalue weighted by molar-refractivity contribution is 6.00. The summed E-state index contributed by atoms with van der Waals surface area (Å²) in [6.45, 7) is 3.47. The summed E-state index contributed by atoms with van der Waals surface area (Å²) >= 11 is 0. The molecule has 142 valence electrons. The van der Waals surface area contributed by atoms with E-state index in [0.717, 1.165) is 25.1 Å². The first-order valence-corrected chi connectivity index (χ1v) is 9.31. The maximum absolute atomic E-state index is 12.7. The molecular weight excluding hydrogens is 340 g/mol. The Morgan fingerprint density at radius 3 is 2.30 bits per heavy atom. The molecule has 1 aliphatic rings. The van der Waals surface area contributed by atoms with E-state index in [1.54, 1.807) is 24.3 Å². The molecule has 6 heteroatoms. The molecule has 1 aliphatic heterocycles. The monoisotopic (exact) mass is 366 g/mol. The summed E-state index contributed by atoms with van der Waals surface area (Å²) in [4.78, 5) is 26.6. The van der Waals surface area contributed by atoms with Gasteiger partial charge in [0.05, 0.1) is 0 Å². The summed E-state index contributed by atoms with van der Waals surface area (Å²) in [6.07, 6.45) is 2.05. The lowest BCUT2D eigenvalue weighted by Crippen LogP contribution is -2.45. The van der Waals surface area contributed by atoms with Crippen LogP contribution in [0.25, 0.3) is 0 Å². The van der Waals surface area contributed by atoms with E-state index in [-0.39, 0.29) is 18.0 Å². The number of carbonyl (C=O) groups is 2. The summed E-state index contributed by atoms with van der Waals surface area (Å²) in [6, 6.07) is 16.0. The van der Waals surface area contributed by atoms with Crippen LogP contribution in [0.4, 0.5) is 16.2 Å². The summed E-state index contributed by atoms with van der Waals surface area (Å²) in [7, 11) is 0. The van der Waals surface area contributed by atoms with Crippen LogP contribution < -0.4 is 16.4 Å². The van der Waals surface area contributed by atoms with Gasteiger partial charge in [0.2, 0.25) is 0 Å². The van der Waals surface area contributed by atoms with Crippen LogP contribution in [0.15, 0.2) is 54.6 Å². The smallest absolute Gasteiger partial charge is 0.323 e. The van der Waals surface area contributed by atoms with E-state index in [1.165, 1.54) is 0 Å². The first-order chi connectivity index (χ1) is 13.0. The second-order valence-corrected chi connectivity index (χ2v) is 7.04. The van der Waals surface area contributed by atoms with E-state index >= 15 is 0 Å². The Kier molecular flexibility index (Phi) is 6.08. The second kappa shape index (κ2) is 8.68. The van der Waals surface area contributed by atoms with Gasteiger partial charge < -0.3 is 21.3 Å². The number of piperidine rings is 1. The lowest BCUT2D eigenvalue weighted by atomic mass is 9.92. The Hall–Kier alpha value is -2.86. The predicted molar refractivity (Wildman–Crippen MR) is 108 cm³/mol. The number of carbonyl (C=O) groups excluding carboxylic acids is 2. The predicted octanol–water partition coefficient (Wildman–Crippen LogP) is 3.53. The van der Waals surface area contributed by atoms with Gasteiger partial charge in [-0.05, 0) is 62.1 Å². The zero-order chi connectivity index (χ0) is 19.2. The molecule has 2 unspecified atom stereocenters. The zero-order valence-electron chi connectivity index (χ0n) is 15.5. The van der Waals surface area contributed by atoms with E-state index in [4.69, 9.17) is 5.73 Å². The fourth-order valence-electron chi connectivity index (χ4n) is 3.32. The fraction of sp³-hybridized carbons (Fsp3) is 0.333. The Bertz CT molecular complexity index is 775. The molecule has 1 saturated heterocycles. The van der Waals surface area contributed by atoms with Gasteiger partial charge in [-0.25, -0.2) is 4.79 Å². The van der Waals surface area contributed by atoms with Crippen LogP contribution in [0.5, 0.6) is 0 Å². The fourth-order valence-corrected chi connectivity index (χ4v) is 3.32. The van der Waals surface area contributed by atoms with E-state index in [2.05, 4.69) is 10.6 Å². The summed E-state index contributed by atoms with van der Waals surface area (Å²) in [5.74, 6) is 0.367. The van der Waals surface area contributed by atoms with Crippen molar-refractivity contribution in [2.24, 2.45) is 11.7 Å². The lowest BCUT2D eigenvalue weighted by Gasteiger charge is -2.34. The van der Waals surface area contributed by atoms with Gasteiger partial charge in [-0.2, -0.15) is 0 Å². The third kappa shape index (κ3) is 5.08. The van der Waals surface area contributed by atoms with Gasteiger partial charge in [0.1, 0.15) is 0 Å². The summed E-state index contributed by atoms with van der Waals surface area (Å²) < 4.78 is 0. The topological polar surface area (TPSA) is 87.5 Å². The molecule has 0 aliphatic carbocycles. The van der Waals surface area contributed by atoms with Gasteiger partial charge in [0, 0.05) is 36.1 Å². The van der Waals surface area contributed by atoms with Crippen molar-refractivity contribution in [1.82, 2.24) is 4.90 Å². The molecule has 1 heterocycles. The zero-order valence-corrected chi connectivity index (χ0v) is 15.5. The number of nitrogens with zero attached hydrogens (tertiary/aromatic N) is 1. The van der Waals surface area contributed by atoms with Crippen LogP contribution in [0.2, 0.25) is 0 Å². The Balaban J connectivity index is 1.58. The quantitative estimate of drug-likeness (QED) is 0.773. The molecule has 0 spiro atoms. The highest BCUT2D eigenvalue weighted by Gasteiger charge is 2.26. The van der Waals surface area contributed by atoms with Crippen molar-refractivity contribution in [3.05, 3.63) is 60.2 Å². The first-order valence-electron chi connectivity index (χ1n) is 9.31. The highest BCUT2D eigenvalue weighted by Crippen LogP contribution is 2.21. The first kappa shape index (κ1) is 18.9. The van der Waals surface area contributed by atoms with Gasteiger partial charge in [-0.15, -0.1) is 0 Å². The lowest BCUT2D eigenvalue weighted by molar-refractivity contribution is 0.0661. The third-order valence-electron chi connectivity index (χ3n) is 4.91. The van der Waals surface area contributed by atoms with Gasteiger partial charge in [0.15, 0.2) is 0 Å². The average molecular weight is 366 g/mol. The SMILES string of the molecule is CC(N)C1CCCN(C(=O)c2ccc(NC(=O)Nc3ccccc3)cc2)C1. The van der Waals surface area contributed by atoms with Crippen molar-refractivity contribution in [3.63, 3.8) is 0 Å². The maximum atomic E-state index is 12.7. The van der Waals surface area contributed by atoms with Crippen LogP contribution in [0.1, 0.15) is 30.1 Å². The van der Waals surface area contributed by atoms with E-state index < -0.39 is 0 Å². The molecule has 4 N–H and O–H groups in total. The number of hydrogen-bond acceptors (Lipinski definition) is 3. The summed E-state index contributed by atoms with van der Waals surface area (Å²) in [5.41, 5.74) is 7.97. The molecule has 0 saturated carbocycles. The number of hydrogen-bond donors (Lipinski definition) is 3. The number of urea groups is 1. The minimum absolute atomic E-state index is 0.0145. The molecule has 27 heavy (non-hydrogen) atoms. The minimum atomic E-state index is -0.323. The number of anilines is 2. The van der Waals surface area contributed by atoms with Crippen molar-refractivity contribution in [3.8, 4) is 0 Å². The van der Waals surface area contributed by atoms with Crippen LogP contribution in [0.3, 0.4) is 0 Å². The van der Waals surface area contributed by atoms with E-state index in [0.29, 0.717) is 23.7 Å². The maximum Gasteiger partial charge on any atom is 0.323 e. The van der Waals surface area contributed by atoms with Crippen molar-refractivity contribution in [2.75, 3.05) is 23.7 Å². The molecular formula is C21H26N4O2. The molecule has 0 aromatic heterocycles. The molecule has 2 atom stereocenters. The van der Waals surface area contributed by atoms with Crippen molar-refractivity contribution < 1.29 is 9.59 Å². The van der Waals surface area contributed by atoms with Crippen LogP contribution in [0, 0.1) is 5.92 Å². The van der Waals surface area contributed by atoms with E-state index in [9.17, 15) is 9.59 Å². The number of rotatable bonds is 4. The summed E-state index contributed by atoms with van der Waals surface area (Å²) in [5, 5.41) is 5.52. The van der Waals surface area contributed by atoms with Gasteiger partial charge in [-0.3, -0.25) is 4.79 Å². The molecule has 6 nitrogen and oxygen atoms in total. The molecule has 3 amide bonds. The number of benzene rings is 2. The largest absolute Gasteiger partial charge is 0.338 e. The number of nitrogens with two attached hydrogens (primary N) is 1. The molecule has 2 aromatic rings. The normalized spacial score (nSPS) is 17.9. The van der Waals surface area contributed by atoms with Crippen molar-refractivity contribution in [1.29, 1.82) is 0 Å². The van der Waals surface area contributed by atoms with Crippen LogP contribution in [-0.2, 0) is 0 Å². The highest BCUT2D eigenvalue weighted by atomic mass is 16.2. The Morgan fingerprint density at radius 2 is 1.67 bits per heavy atom. The number of nitrogens with one attached hydrogen (secondary N) is 2. The number of amides is 3. The number of likely N-dealkylation sites (tertiary alicyclic amines) is 1. The molecule has 0 radical (unpaired) electrons. The van der Waals surface area contributed by atoms with Gasteiger partial charge in [0.25, 0.3) is 5.91 Å². The second-order valence-electron chi connectivity index (χ2n) is 7.04. The number of para-hydroxylation sites is 1.